The second kappa shape index (κ2) is 5.40. The molecule has 0 aromatic carbocycles. The number of hydrogen-bond donors (Lipinski definition) is 2. The molecule has 0 fully saturated rings. The fourth-order valence-corrected chi connectivity index (χ4v) is 0.810. The summed E-state index contributed by atoms with van der Waals surface area (Å²) >= 11 is 2.03. The van der Waals surface area contributed by atoms with Crippen LogP contribution in [0.1, 0.15) is 0 Å². The molecule has 2 N–H and O–H groups in total. The number of hydrogen-bond acceptors (Lipinski definition) is 2. The smallest absolute Gasteiger partial charge is 0.232 e. The lowest BCUT2D eigenvalue weighted by molar-refractivity contribution is -0.121. The fourth-order valence-electron chi connectivity index (χ4n) is 0.434. The van der Waals surface area contributed by atoms with Crippen LogP contribution in [0.5, 0.6) is 0 Å². The molecule has 10 heavy (non-hydrogen) atoms. The largest absolute Gasteiger partial charge is 0.346 e. The number of carbonyl (C=O) groups excluding carboxylic acids is 1. The van der Waals surface area contributed by atoms with Crippen molar-refractivity contribution in [3.63, 3.8) is 0 Å². The quantitative estimate of drug-likeness (QED) is 0.253. The first-order valence-electron chi connectivity index (χ1n) is 2.73. The van der Waals surface area contributed by atoms with Gasteiger partial charge in [-0.2, -0.15) is 0 Å². The summed E-state index contributed by atoms with van der Waals surface area (Å²) in [6, 6.07) is 0. The molecule has 0 saturated heterocycles. The molecule has 0 spiro atoms. The summed E-state index contributed by atoms with van der Waals surface area (Å²) in [7, 11) is 0. The number of amides is 1. The molecule has 1 amide bonds. The molecule has 0 rings (SSSR count). The monoisotopic (exact) mass is 252 g/mol. The minimum absolute atomic E-state index is 0.167. The van der Waals surface area contributed by atoms with Crippen LogP contribution in [-0.2, 0) is 4.79 Å². The van der Waals surface area contributed by atoms with Gasteiger partial charge in [-0.3, -0.25) is 4.79 Å². The van der Waals surface area contributed by atoms with Crippen molar-refractivity contribution >= 4 is 34.7 Å². The maximum Gasteiger partial charge on any atom is 0.232 e. The molecule has 1 unspecified atom stereocenters. The lowest BCUT2D eigenvalue weighted by atomic mass is 10.1. The summed E-state index contributed by atoms with van der Waals surface area (Å²) in [5.41, 5.74) is 0. The first-order valence-corrected chi connectivity index (χ1v) is 4.25. The Hall–Kier alpha value is -0.390. The van der Waals surface area contributed by atoms with Gasteiger partial charge in [-0.05, 0) is 0 Å². The van der Waals surface area contributed by atoms with Crippen molar-refractivity contribution in [3.8, 4) is 0 Å². The summed E-state index contributed by atoms with van der Waals surface area (Å²) < 4.78 is 0.564. The van der Waals surface area contributed by atoms with E-state index in [-0.39, 0.29) is 5.91 Å². The van der Waals surface area contributed by atoms with Crippen LogP contribution in [0.2, 0.25) is 0 Å². The van der Waals surface area contributed by atoms with Crippen molar-refractivity contribution < 1.29 is 4.79 Å². The lowest BCUT2D eigenvalue weighted by Crippen LogP contribution is -2.28. The van der Waals surface area contributed by atoms with Gasteiger partial charge in [0.2, 0.25) is 5.91 Å². The molecule has 0 heterocycles. The van der Waals surface area contributed by atoms with Gasteiger partial charge in [0, 0.05) is 6.21 Å². The molecule has 0 aromatic heterocycles. The molecule has 0 radical (unpaired) electrons. The molecule has 0 aliphatic carbocycles. The molecule has 1 atom stereocenters. The maximum absolute atomic E-state index is 10.9. The highest BCUT2D eigenvalue weighted by molar-refractivity contribution is 14.1. The zero-order valence-electron chi connectivity index (χ0n) is 5.43. The lowest BCUT2D eigenvalue weighted by Gasteiger charge is -2.03. The first-order chi connectivity index (χ1) is 4.76. The van der Waals surface area contributed by atoms with Crippen molar-refractivity contribution in [2.75, 3.05) is 4.55 Å². The average molecular weight is 252 g/mol. The van der Waals surface area contributed by atoms with Gasteiger partial charge >= 0.3 is 0 Å². The zero-order valence-corrected chi connectivity index (χ0v) is 7.59. The van der Waals surface area contributed by atoms with E-state index in [2.05, 4.69) is 11.9 Å². The van der Waals surface area contributed by atoms with Crippen LogP contribution in [0.15, 0.2) is 12.7 Å². The van der Waals surface area contributed by atoms with Crippen LogP contribution in [0.3, 0.4) is 0 Å². The van der Waals surface area contributed by atoms with E-state index in [4.69, 9.17) is 5.41 Å². The number of halogens is 1. The van der Waals surface area contributed by atoms with E-state index in [9.17, 15) is 4.79 Å². The van der Waals surface area contributed by atoms with Crippen molar-refractivity contribution in [2.24, 2.45) is 5.92 Å². The van der Waals surface area contributed by atoms with Gasteiger partial charge in [0.05, 0.1) is 10.5 Å². The second-order valence-corrected chi connectivity index (χ2v) is 2.37. The van der Waals surface area contributed by atoms with Crippen LogP contribution in [0.25, 0.3) is 0 Å². The Morgan fingerprint density at radius 2 is 2.50 bits per heavy atom. The van der Waals surface area contributed by atoms with Crippen molar-refractivity contribution in [3.05, 3.63) is 12.7 Å². The van der Waals surface area contributed by atoms with Crippen LogP contribution < -0.4 is 5.32 Å². The summed E-state index contributed by atoms with van der Waals surface area (Å²) in [4.78, 5) is 10.9. The molecular formula is C6H9IN2O. The Labute approximate surface area is 73.5 Å². The van der Waals surface area contributed by atoms with E-state index in [1.165, 1.54) is 6.08 Å². The Morgan fingerprint density at radius 3 is 2.80 bits per heavy atom. The minimum Gasteiger partial charge on any atom is -0.346 e. The van der Waals surface area contributed by atoms with Crippen molar-refractivity contribution in [2.45, 2.75) is 0 Å². The Morgan fingerprint density at radius 1 is 1.90 bits per heavy atom. The third-order valence-electron chi connectivity index (χ3n) is 0.977. The Bertz CT molecular complexity index is 139. The number of nitrogens with one attached hydrogen (secondary N) is 2. The van der Waals surface area contributed by atoms with Crippen molar-refractivity contribution in [1.82, 2.24) is 5.32 Å². The van der Waals surface area contributed by atoms with Gasteiger partial charge in [-0.1, -0.05) is 28.7 Å². The van der Waals surface area contributed by atoms with Gasteiger partial charge in [-0.15, -0.1) is 6.58 Å². The van der Waals surface area contributed by atoms with Crippen LogP contribution in [-0.4, -0.2) is 16.7 Å². The first kappa shape index (κ1) is 9.61. The summed E-state index contributed by atoms with van der Waals surface area (Å²) in [5, 5.41) is 9.38. The van der Waals surface area contributed by atoms with Gasteiger partial charge in [-0.25, -0.2) is 0 Å². The van der Waals surface area contributed by atoms with E-state index in [1.807, 2.05) is 22.6 Å². The topological polar surface area (TPSA) is 53.0 Å². The normalized spacial score (nSPS) is 11.7. The molecule has 0 aliphatic rings. The molecule has 3 nitrogen and oxygen atoms in total. The van der Waals surface area contributed by atoms with E-state index in [0.29, 0.717) is 4.55 Å². The molecule has 0 saturated carbocycles. The standard InChI is InChI=1S/C6H9IN2O/c1-2-5(3-8)6(10)9-4-7/h2-3,5,8H,1,4H2,(H,9,10). The average Bonchev–Trinajstić information content (AvgIpc) is 1.91. The number of carbonyl (C=O) groups is 1. The maximum atomic E-state index is 10.9. The number of alkyl halides is 1. The van der Waals surface area contributed by atoms with Crippen LogP contribution in [0, 0.1) is 11.3 Å². The third-order valence-corrected chi connectivity index (χ3v) is 1.36. The molecular weight excluding hydrogens is 243 g/mol. The van der Waals surface area contributed by atoms with E-state index >= 15 is 0 Å². The van der Waals surface area contributed by atoms with Gasteiger partial charge < -0.3 is 10.7 Å². The fraction of sp³-hybridized carbons (Fsp3) is 0.333. The van der Waals surface area contributed by atoms with E-state index in [0.717, 1.165) is 6.21 Å². The molecule has 56 valence electrons. The predicted octanol–water partition coefficient (Wildman–Crippen LogP) is 0.947. The molecule has 0 aliphatic heterocycles. The third kappa shape index (κ3) is 2.95. The van der Waals surface area contributed by atoms with Gasteiger partial charge in [0.25, 0.3) is 0 Å². The summed E-state index contributed by atoms with van der Waals surface area (Å²) in [6.07, 6.45) is 2.50. The SMILES string of the molecule is C=CC(C=N)C(=O)NCI. The molecule has 4 heteroatoms. The van der Waals surface area contributed by atoms with Crippen molar-refractivity contribution in [1.29, 1.82) is 5.41 Å². The molecule has 0 aromatic rings. The highest BCUT2D eigenvalue weighted by Crippen LogP contribution is 1.92. The second-order valence-electron chi connectivity index (χ2n) is 1.60. The Balaban J connectivity index is 3.88. The minimum atomic E-state index is -0.477. The van der Waals surface area contributed by atoms with E-state index < -0.39 is 5.92 Å². The summed E-state index contributed by atoms with van der Waals surface area (Å²) in [5.74, 6) is -0.644. The predicted molar refractivity (Wildman–Crippen MR) is 49.5 cm³/mol. The Kier molecular flexibility index (Phi) is 5.19. The molecule has 0 bridgehead atoms. The van der Waals surface area contributed by atoms with Gasteiger partial charge in [0.1, 0.15) is 0 Å². The summed E-state index contributed by atoms with van der Waals surface area (Å²) in [6.45, 7) is 3.42. The van der Waals surface area contributed by atoms with E-state index in [1.54, 1.807) is 0 Å². The van der Waals surface area contributed by atoms with Crippen LogP contribution >= 0.6 is 22.6 Å². The number of rotatable bonds is 4. The zero-order chi connectivity index (χ0) is 7.98. The van der Waals surface area contributed by atoms with Crippen LogP contribution in [0.4, 0.5) is 0 Å². The van der Waals surface area contributed by atoms with Gasteiger partial charge in [0.15, 0.2) is 0 Å². The highest BCUT2D eigenvalue weighted by atomic mass is 127. The highest BCUT2D eigenvalue weighted by Gasteiger charge is 2.08.